The van der Waals surface area contributed by atoms with E-state index in [-0.39, 0.29) is 11.7 Å². The number of para-hydroxylation sites is 1. The second kappa shape index (κ2) is 7.68. The molecule has 1 N–H and O–H groups in total. The molecule has 3 rings (SSSR count). The summed E-state index contributed by atoms with van der Waals surface area (Å²) in [6.07, 6.45) is 2.17. The lowest BCUT2D eigenvalue weighted by atomic mass is 9.79. The molecular formula is C21H22FNO3. The number of amides is 1. The number of ether oxygens (including phenoxy) is 1. The lowest BCUT2D eigenvalue weighted by Crippen LogP contribution is -2.39. The average Bonchev–Trinajstić information content (AvgIpc) is 3.14. The van der Waals surface area contributed by atoms with Gasteiger partial charge in [-0.05, 0) is 49.6 Å². The highest BCUT2D eigenvalue weighted by molar-refractivity contribution is 5.96. The van der Waals surface area contributed by atoms with Gasteiger partial charge in [-0.3, -0.25) is 9.59 Å². The van der Waals surface area contributed by atoms with E-state index in [0.29, 0.717) is 18.5 Å². The molecule has 136 valence electrons. The summed E-state index contributed by atoms with van der Waals surface area (Å²) in [6.45, 7) is 1.56. The maximum Gasteiger partial charge on any atom is 0.317 e. The SMILES string of the molecule is C[C@H](OC(=O)C1(c2ccc(F)cc2)CCCC1)C(=O)Nc1ccccc1. The first-order valence-electron chi connectivity index (χ1n) is 8.84. The van der Waals surface area contributed by atoms with Gasteiger partial charge in [0.25, 0.3) is 5.91 Å². The maximum atomic E-state index is 13.3. The van der Waals surface area contributed by atoms with Crippen molar-refractivity contribution in [3.05, 3.63) is 66.0 Å². The topological polar surface area (TPSA) is 55.4 Å². The zero-order valence-corrected chi connectivity index (χ0v) is 14.7. The molecule has 1 fully saturated rings. The van der Waals surface area contributed by atoms with Crippen LogP contribution in [0.15, 0.2) is 54.6 Å². The van der Waals surface area contributed by atoms with Gasteiger partial charge >= 0.3 is 5.97 Å². The van der Waals surface area contributed by atoms with Crippen molar-refractivity contribution in [2.24, 2.45) is 0 Å². The van der Waals surface area contributed by atoms with E-state index in [2.05, 4.69) is 5.32 Å². The number of halogens is 1. The van der Waals surface area contributed by atoms with Crippen LogP contribution < -0.4 is 5.32 Å². The highest BCUT2D eigenvalue weighted by Gasteiger charge is 2.45. The molecule has 4 nitrogen and oxygen atoms in total. The third-order valence-electron chi connectivity index (χ3n) is 4.94. The second-order valence-electron chi connectivity index (χ2n) is 6.70. The minimum Gasteiger partial charge on any atom is -0.452 e. The number of carbonyl (C=O) groups excluding carboxylic acids is 2. The number of carbonyl (C=O) groups is 2. The highest BCUT2D eigenvalue weighted by atomic mass is 19.1. The van der Waals surface area contributed by atoms with Crippen LogP contribution in [0, 0.1) is 5.82 Å². The molecule has 0 aromatic heterocycles. The van der Waals surface area contributed by atoms with E-state index in [1.54, 1.807) is 31.2 Å². The fourth-order valence-electron chi connectivity index (χ4n) is 3.45. The van der Waals surface area contributed by atoms with Crippen molar-refractivity contribution in [2.75, 3.05) is 5.32 Å². The molecule has 26 heavy (non-hydrogen) atoms. The predicted molar refractivity (Wildman–Crippen MR) is 97.2 cm³/mol. The van der Waals surface area contributed by atoms with E-state index in [1.165, 1.54) is 12.1 Å². The summed E-state index contributed by atoms with van der Waals surface area (Å²) in [7, 11) is 0. The van der Waals surface area contributed by atoms with Crippen molar-refractivity contribution in [2.45, 2.75) is 44.1 Å². The number of esters is 1. The molecule has 2 aromatic rings. The number of rotatable bonds is 5. The molecule has 0 spiro atoms. The molecule has 1 atom stereocenters. The summed E-state index contributed by atoms with van der Waals surface area (Å²) in [5.74, 6) is -1.14. The standard InChI is InChI=1S/C21H22FNO3/c1-15(19(24)23-18-7-3-2-4-8-18)26-20(25)21(13-5-6-14-21)16-9-11-17(22)12-10-16/h2-4,7-12,15H,5-6,13-14H2,1H3,(H,23,24)/t15-/m0/s1. The molecule has 5 heteroatoms. The smallest absolute Gasteiger partial charge is 0.317 e. The Bertz CT molecular complexity index is 768. The third-order valence-corrected chi connectivity index (χ3v) is 4.94. The summed E-state index contributed by atoms with van der Waals surface area (Å²) < 4.78 is 18.8. The molecule has 2 aromatic carbocycles. The van der Waals surface area contributed by atoms with Crippen LogP contribution in [0.2, 0.25) is 0 Å². The van der Waals surface area contributed by atoms with Crippen LogP contribution in [0.1, 0.15) is 38.2 Å². The molecular weight excluding hydrogens is 333 g/mol. The van der Waals surface area contributed by atoms with Crippen LogP contribution in [0.4, 0.5) is 10.1 Å². The number of nitrogens with one attached hydrogen (secondary N) is 1. The van der Waals surface area contributed by atoms with E-state index in [1.807, 2.05) is 18.2 Å². The minimum absolute atomic E-state index is 0.342. The Kier molecular flexibility index (Phi) is 5.35. The summed E-state index contributed by atoms with van der Waals surface area (Å²) in [5.41, 5.74) is 0.598. The normalized spacial score (nSPS) is 16.7. The van der Waals surface area contributed by atoms with Gasteiger partial charge in [-0.15, -0.1) is 0 Å². The van der Waals surface area contributed by atoms with Crippen LogP contribution >= 0.6 is 0 Å². The average molecular weight is 355 g/mol. The fraction of sp³-hybridized carbons (Fsp3) is 0.333. The minimum atomic E-state index is -0.916. The van der Waals surface area contributed by atoms with Gasteiger partial charge in [0.15, 0.2) is 6.10 Å². The number of anilines is 1. The summed E-state index contributed by atoms with van der Waals surface area (Å²) in [4.78, 5) is 25.2. The van der Waals surface area contributed by atoms with Crippen LogP contribution in [0.5, 0.6) is 0 Å². The van der Waals surface area contributed by atoms with Crippen molar-refractivity contribution in [3.63, 3.8) is 0 Å². The number of benzene rings is 2. The van der Waals surface area contributed by atoms with E-state index in [9.17, 15) is 14.0 Å². The quantitative estimate of drug-likeness (QED) is 0.818. The lowest BCUT2D eigenvalue weighted by Gasteiger charge is -2.28. The summed E-state index contributed by atoms with van der Waals surface area (Å²) in [6, 6.07) is 15.0. The van der Waals surface area contributed by atoms with Gasteiger partial charge < -0.3 is 10.1 Å². The zero-order chi connectivity index (χ0) is 18.6. The van der Waals surface area contributed by atoms with Crippen molar-refractivity contribution in [3.8, 4) is 0 Å². The van der Waals surface area contributed by atoms with Gasteiger partial charge in [0.1, 0.15) is 5.82 Å². The molecule has 0 bridgehead atoms. The van der Waals surface area contributed by atoms with E-state index in [0.717, 1.165) is 18.4 Å². The van der Waals surface area contributed by atoms with Crippen molar-refractivity contribution < 1.29 is 18.7 Å². The maximum absolute atomic E-state index is 13.3. The Morgan fingerprint density at radius 1 is 1.04 bits per heavy atom. The monoisotopic (exact) mass is 355 g/mol. The van der Waals surface area contributed by atoms with E-state index in [4.69, 9.17) is 4.74 Å². The summed E-state index contributed by atoms with van der Waals surface area (Å²) >= 11 is 0. The molecule has 0 aliphatic heterocycles. The number of hydrogen-bond acceptors (Lipinski definition) is 3. The lowest BCUT2D eigenvalue weighted by molar-refractivity contribution is -0.159. The largest absolute Gasteiger partial charge is 0.452 e. The molecule has 1 saturated carbocycles. The van der Waals surface area contributed by atoms with Gasteiger partial charge in [0.05, 0.1) is 5.41 Å². The van der Waals surface area contributed by atoms with Crippen LogP contribution in [0.3, 0.4) is 0 Å². The van der Waals surface area contributed by atoms with Crippen molar-refractivity contribution in [1.82, 2.24) is 0 Å². The second-order valence-corrected chi connectivity index (χ2v) is 6.70. The third kappa shape index (κ3) is 3.77. The van der Waals surface area contributed by atoms with Gasteiger partial charge in [-0.1, -0.05) is 43.2 Å². The molecule has 0 unspecified atom stereocenters. The Balaban J connectivity index is 1.72. The molecule has 0 saturated heterocycles. The van der Waals surface area contributed by atoms with Crippen LogP contribution in [0.25, 0.3) is 0 Å². The Hall–Kier alpha value is -2.69. The first-order chi connectivity index (χ1) is 12.5. The highest BCUT2D eigenvalue weighted by Crippen LogP contribution is 2.42. The predicted octanol–water partition coefficient (Wildman–Crippen LogP) is 4.21. The summed E-state index contributed by atoms with van der Waals surface area (Å²) in [5, 5.41) is 2.73. The molecule has 0 heterocycles. The molecule has 1 aliphatic rings. The van der Waals surface area contributed by atoms with Crippen LogP contribution in [-0.4, -0.2) is 18.0 Å². The van der Waals surface area contributed by atoms with Gasteiger partial charge in [-0.25, -0.2) is 4.39 Å². The Morgan fingerprint density at radius 3 is 2.27 bits per heavy atom. The van der Waals surface area contributed by atoms with E-state index >= 15 is 0 Å². The Morgan fingerprint density at radius 2 is 1.65 bits per heavy atom. The molecule has 1 amide bonds. The van der Waals surface area contributed by atoms with Gasteiger partial charge in [-0.2, -0.15) is 0 Å². The first kappa shape index (κ1) is 18.1. The first-order valence-corrected chi connectivity index (χ1v) is 8.84. The molecule has 1 aliphatic carbocycles. The number of hydrogen-bond donors (Lipinski definition) is 1. The zero-order valence-electron chi connectivity index (χ0n) is 14.7. The fourth-order valence-corrected chi connectivity index (χ4v) is 3.45. The molecule has 0 radical (unpaired) electrons. The van der Waals surface area contributed by atoms with Crippen molar-refractivity contribution >= 4 is 17.6 Å². The van der Waals surface area contributed by atoms with Gasteiger partial charge in [0.2, 0.25) is 0 Å². The van der Waals surface area contributed by atoms with Gasteiger partial charge in [0, 0.05) is 5.69 Å². The van der Waals surface area contributed by atoms with Crippen LogP contribution in [-0.2, 0) is 19.7 Å². The van der Waals surface area contributed by atoms with Crippen molar-refractivity contribution in [1.29, 1.82) is 0 Å². The Labute approximate surface area is 152 Å². The van der Waals surface area contributed by atoms with E-state index < -0.39 is 17.5 Å².